The van der Waals surface area contributed by atoms with Crippen molar-refractivity contribution in [1.29, 1.82) is 0 Å². The molecule has 0 aliphatic rings. The highest BCUT2D eigenvalue weighted by Gasteiger charge is 2.43. The van der Waals surface area contributed by atoms with Crippen LogP contribution in [0.3, 0.4) is 0 Å². The molecule has 4 nitrogen and oxygen atoms in total. The minimum atomic E-state index is -4.71. The maximum Gasteiger partial charge on any atom is 0.399 e. The van der Waals surface area contributed by atoms with E-state index in [0.717, 1.165) is 0 Å². The number of halogens is 3. The highest BCUT2D eigenvalue weighted by atomic mass is 32.1. The van der Waals surface area contributed by atoms with Gasteiger partial charge < -0.3 is 10.8 Å². The average molecular weight is 245 g/mol. The van der Waals surface area contributed by atoms with Crippen LogP contribution >= 0.6 is 12.6 Å². The van der Waals surface area contributed by atoms with Gasteiger partial charge in [0.05, 0.1) is 0 Å². The molecule has 2 atom stereocenters. The predicted molar refractivity (Wildman–Crippen MR) is 48.6 cm³/mol. The van der Waals surface area contributed by atoms with Crippen molar-refractivity contribution < 1.29 is 27.9 Å². The Bertz CT molecular complexity index is 256. The molecule has 0 saturated heterocycles. The summed E-state index contributed by atoms with van der Waals surface area (Å²) < 4.78 is 36.5. The van der Waals surface area contributed by atoms with Gasteiger partial charge in [0.15, 0.2) is 0 Å². The number of carboxylic acid groups (broad SMARTS) is 1. The lowest BCUT2D eigenvalue weighted by molar-refractivity contribution is -0.177. The first-order chi connectivity index (χ1) is 6.70. The molecule has 3 N–H and O–H groups in total. The molecule has 1 unspecified atom stereocenters. The molecule has 0 saturated carbocycles. The van der Waals surface area contributed by atoms with Gasteiger partial charge in [-0.3, -0.25) is 9.59 Å². The minimum absolute atomic E-state index is 0.714. The molecular weight excluding hydrogens is 235 g/mol. The van der Waals surface area contributed by atoms with Crippen molar-refractivity contribution in [3.05, 3.63) is 0 Å². The van der Waals surface area contributed by atoms with Crippen LogP contribution in [0.4, 0.5) is 13.2 Å². The number of alkyl halides is 3. The Labute approximate surface area is 89.0 Å². The Morgan fingerprint density at radius 1 is 1.40 bits per heavy atom. The number of hydrogen-bond acceptors (Lipinski definition) is 4. The molecule has 0 amide bonds. The molecule has 0 spiro atoms. The summed E-state index contributed by atoms with van der Waals surface area (Å²) in [4.78, 5) is 21.2. The third kappa shape index (κ3) is 4.52. The molecule has 0 aromatic carbocycles. The fourth-order valence-electron chi connectivity index (χ4n) is 0.834. The van der Waals surface area contributed by atoms with Gasteiger partial charge in [0.25, 0.3) is 0 Å². The summed E-state index contributed by atoms with van der Waals surface area (Å²) in [6.45, 7) is 0. The van der Waals surface area contributed by atoms with E-state index in [1.54, 1.807) is 0 Å². The van der Waals surface area contributed by atoms with Crippen LogP contribution < -0.4 is 5.73 Å². The van der Waals surface area contributed by atoms with Crippen molar-refractivity contribution in [2.24, 2.45) is 11.7 Å². The summed E-state index contributed by atoms with van der Waals surface area (Å²) in [6.07, 6.45) is -5.56. The van der Waals surface area contributed by atoms with Crippen LogP contribution in [0.5, 0.6) is 0 Å². The van der Waals surface area contributed by atoms with Crippen molar-refractivity contribution in [3.63, 3.8) is 0 Å². The van der Waals surface area contributed by atoms with E-state index in [4.69, 9.17) is 10.8 Å². The number of aliphatic carboxylic acids is 1. The SMILES string of the molecule is N[C@@H](CC(=O)C(CS)C(F)(F)F)C(=O)O. The van der Waals surface area contributed by atoms with Gasteiger partial charge in [-0.2, -0.15) is 25.8 Å². The fraction of sp³-hybridized carbons (Fsp3) is 0.714. The molecule has 0 fully saturated rings. The molecule has 15 heavy (non-hydrogen) atoms. The molecule has 0 aliphatic heterocycles. The van der Waals surface area contributed by atoms with Crippen LogP contribution in [-0.2, 0) is 9.59 Å². The van der Waals surface area contributed by atoms with Gasteiger partial charge in [-0.1, -0.05) is 0 Å². The maximum absolute atomic E-state index is 12.2. The summed E-state index contributed by atoms with van der Waals surface area (Å²) in [5, 5.41) is 8.31. The number of nitrogens with two attached hydrogens (primary N) is 1. The molecular formula is C7H10F3NO3S. The van der Waals surface area contributed by atoms with E-state index < -0.39 is 42.1 Å². The second kappa shape index (κ2) is 5.36. The number of Topliss-reactive ketones (excluding diaryl/α,β-unsaturated/α-hetero) is 1. The van der Waals surface area contributed by atoms with E-state index in [-0.39, 0.29) is 0 Å². The van der Waals surface area contributed by atoms with Crippen LogP contribution in [0.15, 0.2) is 0 Å². The topological polar surface area (TPSA) is 80.4 Å². The van der Waals surface area contributed by atoms with Crippen molar-refractivity contribution >= 4 is 24.4 Å². The monoisotopic (exact) mass is 245 g/mol. The van der Waals surface area contributed by atoms with Crippen molar-refractivity contribution in [3.8, 4) is 0 Å². The van der Waals surface area contributed by atoms with Gasteiger partial charge in [0, 0.05) is 12.2 Å². The van der Waals surface area contributed by atoms with Crippen LogP contribution in [-0.4, -0.2) is 34.8 Å². The van der Waals surface area contributed by atoms with Crippen molar-refractivity contribution in [1.82, 2.24) is 0 Å². The standard InChI is InChI=1S/C7H10F3NO3S/c8-7(9,10)3(2-15)5(12)1-4(11)6(13)14/h3-4,15H,1-2,11H2,(H,13,14)/t3?,4-/m0/s1. The van der Waals surface area contributed by atoms with E-state index in [0.29, 0.717) is 0 Å². The zero-order chi connectivity index (χ0) is 12.2. The molecule has 88 valence electrons. The second-order valence-corrected chi connectivity index (χ2v) is 3.26. The number of carbonyl (C=O) groups excluding carboxylic acids is 1. The highest BCUT2D eigenvalue weighted by Crippen LogP contribution is 2.28. The Morgan fingerprint density at radius 3 is 2.13 bits per heavy atom. The number of thiol groups is 1. The first-order valence-corrected chi connectivity index (χ1v) is 4.52. The smallest absolute Gasteiger partial charge is 0.399 e. The first-order valence-electron chi connectivity index (χ1n) is 3.88. The van der Waals surface area contributed by atoms with E-state index in [2.05, 4.69) is 12.6 Å². The molecule has 0 bridgehead atoms. The number of rotatable bonds is 5. The summed E-state index contributed by atoms with van der Waals surface area (Å²) in [5.41, 5.74) is 4.94. The Hall–Kier alpha value is -0.760. The van der Waals surface area contributed by atoms with Gasteiger partial charge in [-0.25, -0.2) is 0 Å². The molecule has 0 aliphatic carbocycles. The molecule has 0 aromatic rings. The van der Waals surface area contributed by atoms with Crippen LogP contribution in [0.25, 0.3) is 0 Å². The van der Waals surface area contributed by atoms with E-state index in [1.165, 1.54) is 0 Å². The molecule has 0 radical (unpaired) electrons. The van der Waals surface area contributed by atoms with Crippen molar-refractivity contribution in [2.75, 3.05) is 5.75 Å². The van der Waals surface area contributed by atoms with Gasteiger partial charge in [0.1, 0.15) is 17.7 Å². The summed E-state index contributed by atoms with van der Waals surface area (Å²) in [5.74, 6) is -5.74. The molecule has 0 heterocycles. The van der Waals surface area contributed by atoms with E-state index >= 15 is 0 Å². The fourth-order valence-corrected chi connectivity index (χ4v) is 1.24. The molecule has 8 heteroatoms. The van der Waals surface area contributed by atoms with Gasteiger partial charge >= 0.3 is 12.1 Å². The number of hydrogen-bond donors (Lipinski definition) is 3. The lowest BCUT2D eigenvalue weighted by Crippen LogP contribution is -2.39. The lowest BCUT2D eigenvalue weighted by atomic mass is 9.99. The van der Waals surface area contributed by atoms with Crippen LogP contribution in [0.2, 0.25) is 0 Å². The van der Waals surface area contributed by atoms with Gasteiger partial charge in [0.2, 0.25) is 0 Å². The first kappa shape index (κ1) is 14.2. The highest BCUT2D eigenvalue weighted by molar-refractivity contribution is 7.80. The Morgan fingerprint density at radius 2 is 1.87 bits per heavy atom. The molecule has 0 aromatic heterocycles. The minimum Gasteiger partial charge on any atom is -0.480 e. The number of carboxylic acids is 1. The van der Waals surface area contributed by atoms with E-state index in [9.17, 15) is 22.8 Å². The predicted octanol–water partition coefficient (Wildman–Crippen LogP) is 0.466. The maximum atomic E-state index is 12.2. The quantitative estimate of drug-likeness (QED) is 0.615. The normalized spacial score (nSPS) is 15.8. The zero-order valence-corrected chi connectivity index (χ0v) is 8.39. The summed E-state index contributed by atoms with van der Waals surface area (Å²) in [6, 6.07) is -1.61. The number of ketones is 1. The third-order valence-corrected chi connectivity index (χ3v) is 2.07. The summed E-state index contributed by atoms with van der Waals surface area (Å²) in [7, 11) is 0. The van der Waals surface area contributed by atoms with Gasteiger partial charge in [-0.05, 0) is 0 Å². The average Bonchev–Trinajstić information content (AvgIpc) is 2.01. The Balaban J connectivity index is 4.49. The molecule has 0 rings (SSSR count). The summed E-state index contributed by atoms with van der Waals surface area (Å²) >= 11 is 3.39. The number of carbonyl (C=O) groups is 2. The Kier molecular flexibility index (Phi) is 5.09. The third-order valence-electron chi connectivity index (χ3n) is 1.70. The van der Waals surface area contributed by atoms with E-state index in [1.807, 2.05) is 0 Å². The van der Waals surface area contributed by atoms with Crippen LogP contribution in [0.1, 0.15) is 6.42 Å². The zero-order valence-electron chi connectivity index (χ0n) is 7.49. The van der Waals surface area contributed by atoms with Crippen LogP contribution in [0, 0.1) is 5.92 Å². The van der Waals surface area contributed by atoms with Crippen molar-refractivity contribution in [2.45, 2.75) is 18.6 Å². The second-order valence-electron chi connectivity index (χ2n) is 2.89. The lowest BCUT2D eigenvalue weighted by Gasteiger charge is -2.17. The largest absolute Gasteiger partial charge is 0.480 e. The van der Waals surface area contributed by atoms with Gasteiger partial charge in [-0.15, -0.1) is 0 Å².